The van der Waals surface area contributed by atoms with Gasteiger partial charge in [-0.3, -0.25) is 9.59 Å². The zero-order valence-corrected chi connectivity index (χ0v) is 18.3. The molecule has 0 aliphatic carbocycles. The molecule has 2 heterocycles. The Morgan fingerprint density at radius 3 is 2.90 bits per heavy atom. The summed E-state index contributed by atoms with van der Waals surface area (Å²) in [6, 6.07) is 9.84. The molecule has 1 atom stereocenters. The number of carbonyl (C=O) groups excluding carboxylic acids is 1. The maximum absolute atomic E-state index is 13.0. The van der Waals surface area contributed by atoms with Crippen LogP contribution >= 0.6 is 0 Å². The summed E-state index contributed by atoms with van der Waals surface area (Å²) in [5, 5.41) is 3.38. The van der Waals surface area contributed by atoms with Gasteiger partial charge in [0.05, 0.1) is 6.54 Å². The van der Waals surface area contributed by atoms with Gasteiger partial charge in [0.15, 0.2) is 0 Å². The Labute approximate surface area is 178 Å². The number of ether oxygens (including phenoxy) is 1. The normalized spacial score (nSPS) is 16.3. The minimum absolute atomic E-state index is 0.200. The highest BCUT2D eigenvalue weighted by Gasteiger charge is 2.21. The van der Waals surface area contributed by atoms with Crippen LogP contribution in [-0.4, -0.2) is 48.7 Å². The van der Waals surface area contributed by atoms with E-state index < -0.39 is 0 Å². The Bertz CT molecular complexity index is 916. The summed E-state index contributed by atoms with van der Waals surface area (Å²) < 4.78 is 7.50. The molecule has 1 amide bonds. The van der Waals surface area contributed by atoms with Crippen molar-refractivity contribution in [1.82, 2.24) is 14.8 Å². The SMILES string of the molecule is CCc1cccc(OCCN(C)C(=O)c2c(C)ccn(CC3CCCNC3)c2=O)c1. The van der Waals surface area contributed by atoms with E-state index in [2.05, 4.69) is 18.3 Å². The molecule has 1 aliphatic rings. The molecule has 30 heavy (non-hydrogen) atoms. The van der Waals surface area contributed by atoms with E-state index in [0.717, 1.165) is 38.1 Å². The second-order valence-corrected chi connectivity index (χ2v) is 8.12. The number of carbonyl (C=O) groups is 1. The van der Waals surface area contributed by atoms with Crippen LogP contribution in [0.3, 0.4) is 0 Å². The van der Waals surface area contributed by atoms with Crippen LogP contribution in [0.1, 0.15) is 41.3 Å². The van der Waals surface area contributed by atoms with Crippen molar-refractivity contribution in [3.63, 3.8) is 0 Å². The van der Waals surface area contributed by atoms with Crippen molar-refractivity contribution in [2.75, 3.05) is 33.3 Å². The highest BCUT2D eigenvalue weighted by molar-refractivity contribution is 5.95. The number of nitrogens with zero attached hydrogens (tertiary/aromatic N) is 2. The van der Waals surface area contributed by atoms with Gasteiger partial charge in [-0.15, -0.1) is 0 Å². The number of hydrogen-bond acceptors (Lipinski definition) is 4. The predicted molar refractivity (Wildman–Crippen MR) is 119 cm³/mol. The zero-order valence-electron chi connectivity index (χ0n) is 18.3. The maximum Gasteiger partial charge on any atom is 0.263 e. The van der Waals surface area contributed by atoms with Crippen LogP contribution in [0.25, 0.3) is 0 Å². The average molecular weight is 412 g/mol. The monoisotopic (exact) mass is 411 g/mol. The van der Waals surface area contributed by atoms with Gasteiger partial charge in [0.1, 0.15) is 17.9 Å². The van der Waals surface area contributed by atoms with Crippen molar-refractivity contribution in [2.45, 2.75) is 39.7 Å². The molecular weight excluding hydrogens is 378 g/mol. The third-order valence-electron chi connectivity index (χ3n) is 5.79. The predicted octanol–water partition coefficient (Wildman–Crippen LogP) is 2.87. The molecule has 3 rings (SSSR count). The Morgan fingerprint density at radius 2 is 2.17 bits per heavy atom. The maximum atomic E-state index is 13.0. The summed E-state index contributed by atoms with van der Waals surface area (Å²) in [4.78, 5) is 27.6. The van der Waals surface area contributed by atoms with Crippen LogP contribution in [0.5, 0.6) is 5.75 Å². The molecule has 0 bridgehead atoms. The molecule has 1 N–H and O–H groups in total. The summed E-state index contributed by atoms with van der Waals surface area (Å²) in [5.74, 6) is 0.973. The third kappa shape index (κ3) is 5.51. The first-order chi connectivity index (χ1) is 14.5. The van der Waals surface area contributed by atoms with Gasteiger partial charge in [-0.25, -0.2) is 0 Å². The fourth-order valence-corrected chi connectivity index (χ4v) is 3.88. The van der Waals surface area contributed by atoms with Crippen molar-refractivity contribution < 1.29 is 9.53 Å². The lowest BCUT2D eigenvalue weighted by Crippen LogP contribution is -2.39. The molecule has 1 unspecified atom stereocenters. The van der Waals surface area contributed by atoms with Gasteiger partial charge >= 0.3 is 0 Å². The van der Waals surface area contributed by atoms with Crippen molar-refractivity contribution >= 4 is 5.91 Å². The number of benzene rings is 1. The molecule has 1 aliphatic heterocycles. The molecule has 1 saturated heterocycles. The minimum atomic E-state index is -0.250. The highest BCUT2D eigenvalue weighted by Crippen LogP contribution is 2.15. The zero-order chi connectivity index (χ0) is 21.5. The van der Waals surface area contributed by atoms with E-state index in [0.29, 0.717) is 31.2 Å². The first-order valence-electron chi connectivity index (χ1n) is 10.9. The average Bonchev–Trinajstić information content (AvgIpc) is 2.76. The molecule has 1 fully saturated rings. The van der Waals surface area contributed by atoms with E-state index in [-0.39, 0.29) is 17.0 Å². The molecule has 0 spiro atoms. The smallest absolute Gasteiger partial charge is 0.263 e. The fraction of sp³-hybridized carbons (Fsp3) is 0.500. The first-order valence-corrected chi connectivity index (χ1v) is 10.9. The summed E-state index contributed by atoms with van der Waals surface area (Å²) in [5.41, 5.74) is 1.99. The number of piperidine rings is 1. The van der Waals surface area contributed by atoms with Gasteiger partial charge in [0.2, 0.25) is 0 Å². The number of hydrogen-bond donors (Lipinski definition) is 1. The molecule has 6 heteroatoms. The second kappa shape index (κ2) is 10.4. The Hall–Kier alpha value is -2.60. The second-order valence-electron chi connectivity index (χ2n) is 8.12. The van der Waals surface area contributed by atoms with Crippen LogP contribution in [-0.2, 0) is 13.0 Å². The van der Waals surface area contributed by atoms with Gasteiger partial charge in [-0.1, -0.05) is 19.1 Å². The van der Waals surface area contributed by atoms with E-state index in [4.69, 9.17) is 4.74 Å². The largest absolute Gasteiger partial charge is 0.492 e. The molecular formula is C24H33N3O3. The van der Waals surface area contributed by atoms with E-state index in [1.54, 1.807) is 16.5 Å². The quantitative estimate of drug-likeness (QED) is 0.726. The number of nitrogens with one attached hydrogen (secondary N) is 1. The number of amides is 1. The molecule has 0 radical (unpaired) electrons. The van der Waals surface area contributed by atoms with Crippen LogP contribution in [0.2, 0.25) is 0 Å². The summed E-state index contributed by atoms with van der Waals surface area (Å²) >= 11 is 0. The topological polar surface area (TPSA) is 63.6 Å². The van der Waals surface area contributed by atoms with Crippen molar-refractivity contribution in [3.05, 3.63) is 63.6 Å². The van der Waals surface area contributed by atoms with Crippen LogP contribution in [0.15, 0.2) is 41.3 Å². The van der Waals surface area contributed by atoms with E-state index in [9.17, 15) is 9.59 Å². The lowest BCUT2D eigenvalue weighted by Gasteiger charge is -2.24. The molecule has 162 valence electrons. The minimum Gasteiger partial charge on any atom is -0.492 e. The fourth-order valence-electron chi connectivity index (χ4n) is 3.88. The Balaban J connectivity index is 1.64. The Morgan fingerprint density at radius 1 is 1.33 bits per heavy atom. The highest BCUT2D eigenvalue weighted by atomic mass is 16.5. The summed E-state index contributed by atoms with van der Waals surface area (Å²) in [6.07, 6.45) is 4.99. The third-order valence-corrected chi connectivity index (χ3v) is 5.79. The molecule has 1 aromatic carbocycles. The van der Waals surface area contributed by atoms with Gasteiger partial charge in [0.25, 0.3) is 11.5 Å². The number of aromatic nitrogens is 1. The molecule has 1 aromatic heterocycles. The van der Waals surface area contributed by atoms with Gasteiger partial charge < -0.3 is 19.5 Å². The van der Waals surface area contributed by atoms with Gasteiger partial charge in [-0.2, -0.15) is 0 Å². The lowest BCUT2D eigenvalue weighted by atomic mass is 9.99. The standard InChI is InChI=1S/C24H33N3O3/c1-4-19-7-5-9-21(15-19)30-14-13-26(3)23(28)22-18(2)10-12-27(24(22)29)17-20-8-6-11-25-16-20/h5,7,9-10,12,15,20,25H,4,6,8,11,13-14,16-17H2,1-3H3. The van der Waals surface area contributed by atoms with Crippen molar-refractivity contribution in [2.24, 2.45) is 5.92 Å². The van der Waals surface area contributed by atoms with Gasteiger partial charge in [0, 0.05) is 19.8 Å². The van der Waals surface area contributed by atoms with Crippen molar-refractivity contribution in [3.8, 4) is 5.75 Å². The Kier molecular flexibility index (Phi) is 7.69. The number of likely N-dealkylation sites (N-methyl/N-ethyl adjacent to an activating group) is 1. The lowest BCUT2D eigenvalue weighted by molar-refractivity contribution is 0.0770. The first kappa shape index (κ1) is 22.1. The van der Waals surface area contributed by atoms with Crippen molar-refractivity contribution in [1.29, 1.82) is 0 Å². The van der Waals surface area contributed by atoms with E-state index in [1.807, 2.05) is 37.4 Å². The molecule has 2 aromatic rings. The summed E-state index contributed by atoms with van der Waals surface area (Å²) in [6.45, 7) is 7.32. The number of aryl methyl sites for hydroxylation is 2. The van der Waals surface area contributed by atoms with E-state index in [1.165, 1.54) is 5.56 Å². The van der Waals surface area contributed by atoms with Crippen LogP contribution < -0.4 is 15.6 Å². The van der Waals surface area contributed by atoms with E-state index >= 15 is 0 Å². The molecule has 0 saturated carbocycles. The summed E-state index contributed by atoms with van der Waals surface area (Å²) in [7, 11) is 1.72. The van der Waals surface area contributed by atoms with Crippen LogP contribution in [0, 0.1) is 12.8 Å². The van der Waals surface area contributed by atoms with Crippen LogP contribution in [0.4, 0.5) is 0 Å². The number of rotatable bonds is 8. The number of pyridine rings is 1. The molecule has 6 nitrogen and oxygen atoms in total. The van der Waals surface area contributed by atoms with Gasteiger partial charge in [-0.05, 0) is 74.5 Å².